The van der Waals surface area contributed by atoms with Crippen molar-refractivity contribution < 1.29 is 14.3 Å². The fraction of sp³-hybridized carbons (Fsp3) is 0.333. The molecule has 2 aromatic rings. The molecule has 1 aromatic carbocycles. The molecule has 0 unspecified atom stereocenters. The average molecular weight is 331 g/mol. The van der Waals surface area contributed by atoms with Gasteiger partial charge in [0.2, 0.25) is 6.10 Å². The first-order valence-corrected chi connectivity index (χ1v) is 8.32. The van der Waals surface area contributed by atoms with Gasteiger partial charge < -0.3 is 9.64 Å². The van der Waals surface area contributed by atoms with Crippen LogP contribution in [0.25, 0.3) is 0 Å². The number of aryl methyl sites for hydroxylation is 2. The van der Waals surface area contributed by atoms with Gasteiger partial charge in [-0.3, -0.25) is 4.79 Å². The Morgan fingerprint density at radius 2 is 1.87 bits per heavy atom. The Kier molecular flexibility index (Phi) is 5.55. The summed E-state index contributed by atoms with van der Waals surface area (Å²) < 4.78 is 5.54. The Labute approximate surface area is 140 Å². The molecule has 4 nitrogen and oxygen atoms in total. The summed E-state index contributed by atoms with van der Waals surface area (Å²) in [6.45, 7) is 4.03. The van der Waals surface area contributed by atoms with Crippen molar-refractivity contribution in [2.45, 2.75) is 26.4 Å². The van der Waals surface area contributed by atoms with E-state index in [9.17, 15) is 9.59 Å². The molecule has 23 heavy (non-hydrogen) atoms. The third-order valence-corrected chi connectivity index (χ3v) is 4.90. The summed E-state index contributed by atoms with van der Waals surface area (Å²) in [5, 5.41) is 0. The number of esters is 1. The zero-order valence-corrected chi connectivity index (χ0v) is 14.6. The van der Waals surface area contributed by atoms with Crippen LogP contribution in [-0.4, -0.2) is 30.9 Å². The van der Waals surface area contributed by atoms with Gasteiger partial charge in [-0.2, -0.15) is 0 Å². The summed E-state index contributed by atoms with van der Waals surface area (Å²) in [5.74, 6) is -0.713. The number of carbonyl (C=O) groups excluding carboxylic acids is 2. The van der Waals surface area contributed by atoms with E-state index in [0.29, 0.717) is 10.4 Å². The van der Waals surface area contributed by atoms with Gasteiger partial charge in [0.1, 0.15) is 4.88 Å². The molecule has 1 heterocycles. The highest BCUT2D eigenvalue weighted by molar-refractivity contribution is 7.14. The third-order valence-electron chi connectivity index (χ3n) is 3.54. The van der Waals surface area contributed by atoms with E-state index in [0.717, 1.165) is 16.9 Å². The van der Waals surface area contributed by atoms with Gasteiger partial charge in [0.15, 0.2) is 0 Å². The quantitative estimate of drug-likeness (QED) is 0.786. The predicted octanol–water partition coefficient (Wildman–Crippen LogP) is 3.61. The summed E-state index contributed by atoms with van der Waals surface area (Å²) in [6.07, 6.45) is -0.0473. The maximum absolute atomic E-state index is 12.5. The summed E-state index contributed by atoms with van der Waals surface area (Å²) >= 11 is 1.43. The Balaban J connectivity index is 2.26. The van der Waals surface area contributed by atoms with Gasteiger partial charge in [-0.05, 0) is 25.0 Å². The average Bonchev–Trinajstić information content (AvgIpc) is 2.93. The number of rotatable bonds is 5. The van der Waals surface area contributed by atoms with Crippen LogP contribution in [-0.2, 0) is 16.0 Å². The molecule has 1 amide bonds. The van der Waals surface area contributed by atoms with E-state index in [1.54, 1.807) is 26.2 Å². The number of amides is 1. The number of nitrogens with zero attached hydrogens (tertiary/aromatic N) is 1. The highest BCUT2D eigenvalue weighted by atomic mass is 32.1. The molecule has 2 rings (SSSR count). The van der Waals surface area contributed by atoms with Crippen molar-refractivity contribution in [3.63, 3.8) is 0 Å². The molecule has 0 aliphatic rings. The van der Waals surface area contributed by atoms with E-state index in [4.69, 9.17) is 4.74 Å². The highest BCUT2D eigenvalue weighted by Crippen LogP contribution is 2.26. The van der Waals surface area contributed by atoms with E-state index >= 15 is 0 Å². The van der Waals surface area contributed by atoms with Crippen LogP contribution in [0.2, 0.25) is 0 Å². The van der Waals surface area contributed by atoms with Crippen molar-refractivity contribution in [2.75, 3.05) is 14.1 Å². The number of hydrogen-bond donors (Lipinski definition) is 0. The van der Waals surface area contributed by atoms with Crippen molar-refractivity contribution in [1.29, 1.82) is 0 Å². The zero-order valence-electron chi connectivity index (χ0n) is 13.8. The molecular weight excluding hydrogens is 310 g/mol. The van der Waals surface area contributed by atoms with Gasteiger partial charge in [-0.1, -0.05) is 37.3 Å². The van der Waals surface area contributed by atoms with Gasteiger partial charge in [0.25, 0.3) is 5.91 Å². The van der Waals surface area contributed by atoms with Gasteiger partial charge in [-0.15, -0.1) is 11.3 Å². The summed E-state index contributed by atoms with van der Waals surface area (Å²) in [4.78, 5) is 28.0. The SMILES string of the molecule is CCc1sc(C(=O)O[C@H](C(=O)N(C)C)c2ccccc2)cc1C. The van der Waals surface area contributed by atoms with Gasteiger partial charge in [0, 0.05) is 24.5 Å². The van der Waals surface area contributed by atoms with Crippen LogP contribution in [0.4, 0.5) is 0 Å². The van der Waals surface area contributed by atoms with Crippen LogP contribution in [0.15, 0.2) is 36.4 Å². The highest BCUT2D eigenvalue weighted by Gasteiger charge is 2.27. The van der Waals surface area contributed by atoms with Crippen molar-refractivity contribution in [2.24, 2.45) is 0 Å². The maximum Gasteiger partial charge on any atom is 0.349 e. The first kappa shape index (κ1) is 17.2. The lowest BCUT2D eigenvalue weighted by Gasteiger charge is -2.20. The van der Waals surface area contributed by atoms with Crippen LogP contribution < -0.4 is 0 Å². The van der Waals surface area contributed by atoms with E-state index < -0.39 is 12.1 Å². The molecule has 1 atom stereocenters. The standard InChI is InChI=1S/C18H21NO3S/c1-5-14-12(2)11-15(23-14)18(21)22-16(17(20)19(3)4)13-9-7-6-8-10-13/h6-11,16H,5H2,1-4H3/t16-/m0/s1. The Morgan fingerprint density at radius 1 is 1.22 bits per heavy atom. The monoisotopic (exact) mass is 331 g/mol. The normalized spacial score (nSPS) is 11.8. The van der Waals surface area contributed by atoms with Crippen LogP contribution in [0, 0.1) is 6.92 Å². The molecule has 0 fully saturated rings. The molecule has 5 heteroatoms. The van der Waals surface area contributed by atoms with Crippen molar-refractivity contribution in [3.8, 4) is 0 Å². The summed E-state index contributed by atoms with van der Waals surface area (Å²) in [6, 6.07) is 10.9. The number of likely N-dealkylation sites (N-methyl/N-ethyl adjacent to an activating group) is 1. The van der Waals surface area contributed by atoms with Crippen LogP contribution in [0.1, 0.15) is 38.7 Å². The minimum absolute atomic E-state index is 0.256. The second kappa shape index (κ2) is 7.42. The van der Waals surface area contributed by atoms with Crippen LogP contribution >= 0.6 is 11.3 Å². The zero-order chi connectivity index (χ0) is 17.0. The van der Waals surface area contributed by atoms with E-state index in [-0.39, 0.29) is 5.91 Å². The largest absolute Gasteiger partial charge is 0.443 e. The van der Waals surface area contributed by atoms with Crippen molar-refractivity contribution >= 4 is 23.2 Å². The van der Waals surface area contributed by atoms with E-state index in [1.807, 2.05) is 31.2 Å². The van der Waals surface area contributed by atoms with Gasteiger partial charge in [-0.25, -0.2) is 4.79 Å². The third kappa shape index (κ3) is 3.99. The summed E-state index contributed by atoms with van der Waals surface area (Å²) in [5.41, 5.74) is 1.75. The molecule has 0 saturated heterocycles. The van der Waals surface area contributed by atoms with Crippen molar-refractivity contribution in [3.05, 3.63) is 57.3 Å². The van der Waals surface area contributed by atoms with Gasteiger partial charge >= 0.3 is 5.97 Å². The fourth-order valence-electron chi connectivity index (χ4n) is 2.26. The number of hydrogen-bond acceptors (Lipinski definition) is 4. The minimum atomic E-state index is -0.925. The van der Waals surface area contributed by atoms with Crippen LogP contribution in [0.3, 0.4) is 0 Å². The maximum atomic E-state index is 12.5. The molecule has 0 aliphatic heterocycles. The van der Waals surface area contributed by atoms with Gasteiger partial charge in [0.05, 0.1) is 0 Å². The number of benzene rings is 1. The molecule has 0 radical (unpaired) electrons. The Bertz CT molecular complexity index is 692. The first-order valence-electron chi connectivity index (χ1n) is 7.50. The smallest absolute Gasteiger partial charge is 0.349 e. The van der Waals surface area contributed by atoms with E-state index in [2.05, 4.69) is 6.92 Å². The van der Waals surface area contributed by atoms with Crippen molar-refractivity contribution in [1.82, 2.24) is 4.90 Å². The Hall–Kier alpha value is -2.14. The molecule has 0 bridgehead atoms. The fourth-order valence-corrected chi connectivity index (χ4v) is 3.26. The number of ether oxygens (including phenoxy) is 1. The molecule has 0 saturated carbocycles. The lowest BCUT2D eigenvalue weighted by atomic mass is 10.1. The molecule has 0 spiro atoms. The molecular formula is C18H21NO3S. The van der Waals surface area contributed by atoms with E-state index in [1.165, 1.54) is 16.2 Å². The second-order valence-corrected chi connectivity index (χ2v) is 6.64. The van der Waals surface area contributed by atoms with Crippen LogP contribution in [0.5, 0.6) is 0 Å². The predicted molar refractivity (Wildman–Crippen MR) is 91.7 cm³/mol. The first-order chi connectivity index (χ1) is 10.9. The molecule has 122 valence electrons. The molecule has 1 aromatic heterocycles. The lowest BCUT2D eigenvalue weighted by Crippen LogP contribution is -2.31. The summed E-state index contributed by atoms with van der Waals surface area (Å²) in [7, 11) is 3.30. The molecule has 0 aliphatic carbocycles. The topological polar surface area (TPSA) is 46.6 Å². The number of thiophene rings is 1. The number of carbonyl (C=O) groups is 2. The molecule has 0 N–H and O–H groups in total. The lowest BCUT2D eigenvalue weighted by molar-refractivity contribution is -0.138. The Morgan fingerprint density at radius 3 is 2.39 bits per heavy atom. The minimum Gasteiger partial charge on any atom is -0.443 e. The second-order valence-electron chi connectivity index (χ2n) is 5.50.